The fraction of sp³-hybridized carbons (Fsp3) is 0.368. The summed E-state index contributed by atoms with van der Waals surface area (Å²) in [6.45, 7) is 4.74. The molecule has 2 bridgehead atoms. The van der Waals surface area contributed by atoms with Gasteiger partial charge in [-0.25, -0.2) is 9.59 Å². The third-order valence-corrected chi connectivity index (χ3v) is 6.22. The van der Waals surface area contributed by atoms with Gasteiger partial charge in [-0.15, -0.1) is 0 Å². The molecule has 0 unspecified atom stereocenters. The molecule has 3 fully saturated rings. The molecule has 3 aliphatic heterocycles. The Morgan fingerprint density at radius 1 is 1.00 bits per heavy atom. The van der Waals surface area contributed by atoms with E-state index in [1.54, 1.807) is 0 Å². The summed E-state index contributed by atoms with van der Waals surface area (Å²) >= 11 is 0.508. The van der Waals surface area contributed by atoms with Crippen LogP contribution in [0.1, 0.15) is 12.8 Å². The quantitative estimate of drug-likeness (QED) is 0.530. The average molecular weight is 449 g/mol. The van der Waals surface area contributed by atoms with Gasteiger partial charge in [0.05, 0.1) is 0 Å². The van der Waals surface area contributed by atoms with Crippen molar-refractivity contribution >= 4 is 32.3 Å². The molecule has 5 heterocycles. The van der Waals surface area contributed by atoms with Gasteiger partial charge in [0.25, 0.3) is 0 Å². The topological polar surface area (TPSA) is 107 Å². The van der Waals surface area contributed by atoms with Crippen LogP contribution in [0.25, 0.3) is 11.3 Å². The molecule has 2 aromatic heterocycles. The van der Waals surface area contributed by atoms with Crippen LogP contribution in [0.15, 0.2) is 40.2 Å². The summed E-state index contributed by atoms with van der Waals surface area (Å²) in [7, 11) is 0. The number of carboxylic acid groups (broad SMARTS) is 2. The van der Waals surface area contributed by atoms with Crippen molar-refractivity contribution in [1.29, 1.82) is 0 Å². The van der Waals surface area contributed by atoms with Crippen molar-refractivity contribution in [3.8, 4) is 11.3 Å². The van der Waals surface area contributed by atoms with Gasteiger partial charge < -0.3 is 10.2 Å². The van der Waals surface area contributed by atoms with Gasteiger partial charge in [0.1, 0.15) is 0 Å². The SMILES string of the molecule is O=C(O)/C=C/C(=O)O.c1cc(-c2ccc(N3CCN4CCC3CC4)nn2)c[se]1. The van der Waals surface area contributed by atoms with E-state index < -0.39 is 11.9 Å². The van der Waals surface area contributed by atoms with E-state index in [4.69, 9.17) is 10.2 Å². The van der Waals surface area contributed by atoms with Gasteiger partial charge >= 0.3 is 137 Å². The Balaban J connectivity index is 0.000000242. The van der Waals surface area contributed by atoms with Gasteiger partial charge in [0.2, 0.25) is 0 Å². The Morgan fingerprint density at radius 2 is 1.71 bits per heavy atom. The van der Waals surface area contributed by atoms with Gasteiger partial charge in [0.15, 0.2) is 0 Å². The summed E-state index contributed by atoms with van der Waals surface area (Å²) in [6, 6.07) is 7.08. The van der Waals surface area contributed by atoms with E-state index in [2.05, 4.69) is 48.1 Å². The van der Waals surface area contributed by atoms with E-state index in [0.717, 1.165) is 24.6 Å². The molecule has 0 atom stereocenters. The summed E-state index contributed by atoms with van der Waals surface area (Å²) in [5.74, 6) is -1.46. The second-order valence-corrected chi connectivity index (χ2v) is 8.20. The summed E-state index contributed by atoms with van der Waals surface area (Å²) in [5.41, 5.74) is 2.24. The number of rotatable bonds is 4. The molecule has 148 valence electrons. The van der Waals surface area contributed by atoms with Crippen molar-refractivity contribution in [1.82, 2.24) is 15.1 Å². The molecule has 0 saturated carbocycles. The summed E-state index contributed by atoms with van der Waals surface area (Å²) < 4.78 is 0. The van der Waals surface area contributed by atoms with E-state index in [1.165, 1.54) is 31.5 Å². The monoisotopic (exact) mass is 450 g/mol. The molecule has 0 spiro atoms. The molecule has 0 aromatic carbocycles. The molecule has 0 radical (unpaired) electrons. The fourth-order valence-electron chi connectivity index (χ4n) is 3.37. The predicted octanol–water partition coefficient (Wildman–Crippen LogP) is 1.20. The van der Waals surface area contributed by atoms with E-state index in [0.29, 0.717) is 32.7 Å². The first-order chi connectivity index (χ1) is 13.5. The van der Waals surface area contributed by atoms with Crippen molar-refractivity contribution in [3.63, 3.8) is 0 Å². The van der Waals surface area contributed by atoms with Gasteiger partial charge in [-0.3, -0.25) is 0 Å². The van der Waals surface area contributed by atoms with Crippen LogP contribution in [0.5, 0.6) is 0 Å². The number of hydrogen-bond acceptors (Lipinski definition) is 6. The molecule has 3 aliphatic rings. The van der Waals surface area contributed by atoms with E-state index in [1.807, 2.05) is 0 Å². The molecule has 2 N–H and O–H groups in total. The number of aliphatic carboxylic acids is 2. The van der Waals surface area contributed by atoms with E-state index in [-0.39, 0.29) is 0 Å². The summed E-state index contributed by atoms with van der Waals surface area (Å²) in [6.07, 6.45) is 3.64. The van der Waals surface area contributed by atoms with E-state index in [9.17, 15) is 9.59 Å². The number of anilines is 1. The predicted molar refractivity (Wildman–Crippen MR) is 106 cm³/mol. The van der Waals surface area contributed by atoms with Crippen LogP contribution in [0, 0.1) is 0 Å². The molecule has 3 saturated heterocycles. The fourth-order valence-corrected chi connectivity index (χ4v) is 4.74. The molecule has 8 nitrogen and oxygen atoms in total. The van der Waals surface area contributed by atoms with Gasteiger partial charge in [-0.1, -0.05) is 0 Å². The number of piperidine rings is 1. The van der Waals surface area contributed by atoms with Crippen LogP contribution >= 0.6 is 0 Å². The Morgan fingerprint density at radius 3 is 2.25 bits per heavy atom. The minimum atomic E-state index is -1.26. The van der Waals surface area contributed by atoms with Crippen LogP contribution in [0.3, 0.4) is 0 Å². The molecule has 5 rings (SSSR count). The molecule has 2 aromatic rings. The zero-order valence-electron chi connectivity index (χ0n) is 15.3. The van der Waals surface area contributed by atoms with E-state index >= 15 is 0 Å². The van der Waals surface area contributed by atoms with Crippen molar-refractivity contribution in [3.05, 3.63) is 40.2 Å². The third kappa shape index (κ3) is 5.51. The average Bonchev–Trinajstić information content (AvgIpc) is 3.07. The van der Waals surface area contributed by atoms with Gasteiger partial charge in [-0.05, 0) is 0 Å². The molecule has 28 heavy (non-hydrogen) atoms. The van der Waals surface area contributed by atoms with Crippen LogP contribution in [0.4, 0.5) is 5.82 Å². The van der Waals surface area contributed by atoms with Gasteiger partial charge in [0, 0.05) is 12.2 Å². The van der Waals surface area contributed by atoms with Crippen LogP contribution in [0.2, 0.25) is 0 Å². The van der Waals surface area contributed by atoms with Crippen molar-refractivity contribution < 1.29 is 19.8 Å². The Kier molecular flexibility index (Phi) is 6.97. The molecule has 0 amide bonds. The Bertz CT molecular complexity index is 799. The van der Waals surface area contributed by atoms with Crippen LogP contribution in [-0.4, -0.2) is 84.0 Å². The molecular formula is C19H22N4O4Se. The number of aromatic nitrogens is 2. The molecular weight excluding hydrogens is 427 g/mol. The number of nitrogens with zero attached hydrogens (tertiary/aromatic N) is 4. The summed E-state index contributed by atoms with van der Waals surface area (Å²) in [5, 5.41) is 24.6. The zero-order valence-corrected chi connectivity index (χ0v) is 17.0. The molecule has 0 aliphatic carbocycles. The Labute approximate surface area is 168 Å². The number of hydrogen-bond donors (Lipinski definition) is 2. The normalized spacial score (nSPS) is 21.1. The first-order valence-corrected chi connectivity index (χ1v) is 11.0. The second-order valence-electron chi connectivity index (χ2n) is 6.56. The number of fused-ring (bicyclic) bond motifs is 4. The first-order valence-electron chi connectivity index (χ1n) is 9.02. The van der Waals surface area contributed by atoms with Gasteiger partial charge in [-0.2, -0.15) is 0 Å². The van der Waals surface area contributed by atoms with Crippen molar-refractivity contribution in [2.24, 2.45) is 0 Å². The molecule has 9 heteroatoms. The van der Waals surface area contributed by atoms with Crippen molar-refractivity contribution in [2.45, 2.75) is 18.9 Å². The summed E-state index contributed by atoms with van der Waals surface area (Å²) in [4.78, 5) is 28.6. The maximum atomic E-state index is 9.55. The minimum absolute atomic E-state index is 0.508. The van der Waals surface area contributed by atoms with Crippen LogP contribution in [-0.2, 0) is 9.59 Å². The number of carbonyl (C=O) groups is 2. The second kappa shape index (κ2) is 9.64. The zero-order chi connectivity index (χ0) is 19.9. The van der Waals surface area contributed by atoms with Crippen molar-refractivity contribution in [2.75, 3.05) is 31.1 Å². The van der Waals surface area contributed by atoms with Crippen LogP contribution < -0.4 is 4.90 Å². The maximum absolute atomic E-state index is 9.55. The number of carboxylic acids is 2. The Hall–Kier alpha value is -2.48. The standard InChI is InChI=1S/C15H18N4Se.C4H4O4/c1-2-15(17-16-14(1)12-5-10-20-11-12)19-9-8-18-6-3-13(19)4-7-18;5-3(6)1-2-4(7)8/h1-2,5,10-11,13H,3-4,6-9H2;1-2H,(H,5,6)(H,7,8)/b;2-1+. The first kappa shape index (κ1) is 20.3. The third-order valence-electron chi connectivity index (χ3n) is 4.79.